The number of nitrogens with zero attached hydrogens (tertiary/aromatic N) is 1. The van der Waals surface area contributed by atoms with Gasteiger partial charge in [-0.25, -0.2) is 0 Å². The molecule has 0 aromatic heterocycles. The largest absolute Gasteiger partial charge is 0.320 e. The van der Waals surface area contributed by atoms with E-state index in [1.165, 1.54) is 13.1 Å². The number of carbonyl (C=O) groups is 1. The van der Waals surface area contributed by atoms with Crippen LogP contribution in [0.15, 0.2) is 0 Å². The zero-order chi connectivity index (χ0) is 6.57. The minimum atomic E-state index is -0.602. The number of hydrogen-bond donors (Lipinski definition) is 2. The van der Waals surface area contributed by atoms with E-state index in [-0.39, 0.29) is 0 Å². The molecular formula is C4H7N3O. The first-order valence-corrected chi connectivity index (χ1v) is 2.13. The summed E-state index contributed by atoms with van der Waals surface area (Å²) in [5.41, 5.74) is 5.06. The molecule has 0 heterocycles. The number of hydrogen-bond acceptors (Lipinski definition) is 3. The minimum absolute atomic E-state index is 0.451. The molecule has 0 saturated carbocycles. The van der Waals surface area contributed by atoms with Gasteiger partial charge in [-0.15, -0.1) is 0 Å². The zero-order valence-electron chi connectivity index (χ0n) is 4.51. The van der Waals surface area contributed by atoms with E-state index >= 15 is 0 Å². The molecule has 0 aliphatic rings. The second-order valence-electron chi connectivity index (χ2n) is 1.39. The molecule has 0 aliphatic heterocycles. The van der Waals surface area contributed by atoms with E-state index in [1.807, 2.05) is 5.32 Å². The van der Waals surface area contributed by atoms with Crippen molar-refractivity contribution in [2.24, 2.45) is 5.73 Å². The fraction of sp³-hybridized carbons (Fsp3) is 0.500. The minimum Gasteiger partial charge on any atom is -0.320 e. The average Bonchev–Trinajstić information content (AvgIpc) is 1.67. The highest BCUT2D eigenvalue weighted by Gasteiger charge is 2.03. The Bertz CT molecular complexity index is 124. The molecular weight excluding hydrogens is 106 g/mol. The van der Waals surface area contributed by atoms with Crippen LogP contribution in [0, 0.1) is 11.5 Å². The number of carbonyl (C=O) groups excluding carboxylic acids is 1. The summed E-state index contributed by atoms with van der Waals surface area (Å²) in [6.07, 6.45) is 1.47. The van der Waals surface area contributed by atoms with Gasteiger partial charge in [-0.1, -0.05) is 0 Å². The lowest BCUT2D eigenvalue weighted by Gasteiger charge is -1.97. The van der Waals surface area contributed by atoms with Crippen LogP contribution in [0.5, 0.6) is 0 Å². The maximum atomic E-state index is 10.3. The van der Waals surface area contributed by atoms with E-state index in [0.29, 0.717) is 0 Å². The summed E-state index contributed by atoms with van der Waals surface area (Å²) in [5.74, 6) is -0.451. The van der Waals surface area contributed by atoms with Gasteiger partial charge in [0.05, 0.1) is 6.04 Å². The molecule has 0 saturated heterocycles. The lowest BCUT2D eigenvalue weighted by Crippen LogP contribution is -2.35. The fourth-order valence-corrected chi connectivity index (χ4v) is 0.169. The Morgan fingerprint density at radius 2 is 2.50 bits per heavy atom. The third-order valence-corrected chi connectivity index (χ3v) is 0.593. The number of nitriles is 1. The van der Waals surface area contributed by atoms with E-state index in [9.17, 15) is 4.79 Å². The highest BCUT2D eigenvalue weighted by Crippen LogP contribution is 1.70. The predicted molar refractivity (Wildman–Crippen MR) is 27.4 cm³/mol. The molecule has 3 N–H and O–H groups in total. The zero-order valence-corrected chi connectivity index (χ0v) is 4.51. The van der Waals surface area contributed by atoms with Gasteiger partial charge in [-0.05, 0) is 6.92 Å². The summed E-state index contributed by atoms with van der Waals surface area (Å²) in [6.45, 7) is 1.51. The van der Waals surface area contributed by atoms with Crippen LogP contribution in [0.25, 0.3) is 0 Å². The fourth-order valence-electron chi connectivity index (χ4n) is 0.169. The monoisotopic (exact) mass is 113 g/mol. The first kappa shape index (κ1) is 6.92. The van der Waals surface area contributed by atoms with Crippen molar-refractivity contribution < 1.29 is 4.79 Å². The molecule has 0 radical (unpaired) electrons. The van der Waals surface area contributed by atoms with Crippen LogP contribution in [0.1, 0.15) is 6.92 Å². The molecule has 8 heavy (non-hydrogen) atoms. The molecule has 0 fully saturated rings. The summed E-state index contributed by atoms with van der Waals surface area (Å²) in [5, 5.41) is 9.73. The van der Waals surface area contributed by atoms with Gasteiger partial charge in [-0.3, -0.25) is 10.1 Å². The third kappa shape index (κ3) is 2.16. The van der Waals surface area contributed by atoms with Crippen LogP contribution < -0.4 is 11.1 Å². The van der Waals surface area contributed by atoms with Crippen molar-refractivity contribution in [3.05, 3.63) is 0 Å². The predicted octanol–water partition coefficient (Wildman–Crippen LogP) is -1.07. The van der Waals surface area contributed by atoms with Gasteiger partial charge in [-0.2, -0.15) is 5.26 Å². The Morgan fingerprint density at radius 1 is 2.00 bits per heavy atom. The highest BCUT2D eigenvalue weighted by molar-refractivity contribution is 5.82. The van der Waals surface area contributed by atoms with Gasteiger partial charge < -0.3 is 5.73 Å². The van der Waals surface area contributed by atoms with Crippen LogP contribution in [0.4, 0.5) is 0 Å². The van der Waals surface area contributed by atoms with Crippen molar-refractivity contribution in [2.75, 3.05) is 0 Å². The Labute approximate surface area is 47.3 Å². The Morgan fingerprint density at radius 3 is 2.62 bits per heavy atom. The topological polar surface area (TPSA) is 78.9 Å². The van der Waals surface area contributed by atoms with Crippen LogP contribution in [-0.4, -0.2) is 11.9 Å². The average molecular weight is 113 g/mol. The quantitative estimate of drug-likeness (QED) is 0.335. The van der Waals surface area contributed by atoms with Crippen molar-refractivity contribution in [3.63, 3.8) is 0 Å². The first-order valence-electron chi connectivity index (χ1n) is 2.13. The molecule has 4 heteroatoms. The maximum Gasteiger partial charge on any atom is 0.249 e. The van der Waals surface area contributed by atoms with Crippen molar-refractivity contribution >= 4 is 5.91 Å². The summed E-state index contributed by atoms with van der Waals surface area (Å²) in [4.78, 5) is 10.3. The van der Waals surface area contributed by atoms with Gasteiger partial charge in [0.1, 0.15) is 0 Å². The summed E-state index contributed by atoms with van der Waals surface area (Å²) >= 11 is 0. The summed E-state index contributed by atoms with van der Waals surface area (Å²) < 4.78 is 0. The van der Waals surface area contributed by atoms with Crippen LogP contribution >= 0.6 is 0 Å². The van der Waals surface area contributed by atoms with Gasteiger partial charge >= 0.3 is 0 Å². The number of nitrogens with one attached hydrogen (secondary N) is 1. The normalized spacial score (nSPS) is 11.6. The molecule has 44 valence electrons. The van der Waals surface area contributed by atoms with E-state index in [1.54, 1.807) is 0 Å². The molecule has 0 rings (SSSR count). The molecule has 0 aromatic rings. The van der Waals surface area contributed by atoms with Gasteiger partial charge in [0, 0.05) is 0 Å². The standard InChI is InChI=1S/C4H7N3O/c1-3(6)4(8)7-2-5/h3H,6H2,1H3,(H,7,8). The summed E-state index contributed by atoms with van der Waals surface area (Å²) in [6, 6.07) is -0.602. The molecule has 1 atom stereocenters. The molecule has 0 spiro atoms. The van der Waals surface area contributed by atoms with Crippen molar-refractivity contribution in [1.82, 2.24) is 5.32 Å². The second-order valence-corrected chi connectivity index (χ2v) is 1.39. The molecule has 0 aliphatic carbocycles. The highest BCUT2D eigenvalue weighted by atomic mass is 16.2. The Hall–Kier alpha value is -1.08. The lowest BCUT2D eigenvalue weighted by molar-refractivity contribution is -0.120. The Kier molecular flexibility index (Phi) is 2.59. The van der Waals surface area contributed by atoms with Crippen LogP contribution in [-0.2, 0) is 4.79 Å². The van der Waals surface area contributed by atoms with Crippen LogP contribution in [0.3, 0.4) is 0 Å². The number of rotatable bonds is 1. The molecule has 0 bridgehead atoms. The first-order chi connectivity index (χ1) is 3.68. The molecule has 0 aromatic carbocycles. The smallest absolute Gasteiger partial charge is 0.249 e. The third-order valence-electron chi connectivity index (χ3n) is 0.593. The van der Waals surface area contributed by atoms with Crippen LogP contribution in [0.2, 0.25) is 0 Å². The SMILES string of the molecule is CC(N)C(=O)NC#N. The van der Waals surface area contributed by atoms with Crippen molar-refractivity contribution in [1.29, 1.82) is 5.26 Å². The van der Waals surface area contributed by atoms with E-state index in [0.717, 1.165) is 0 Å². The van der Waals surface area contributed by atoms with E-state index in [2.05, 4.69) is 0 Å². The lowest BCUT2D eigenvalue weighted by atomic mass is 10.3. The molecule has 4 nitrogen and oxygen atoms in total. The maximum absolute atomic E-state index is 10.3. The Balaban J connectivity index is 3.53. The van der Waals surface area contributed by atoms with Crippen molar-refractivity contribution in [2.45, 2.75) is 13.0 Å². The van der Waals surface area contributed by atoms with Gasteiger partial charge in [0.25, 0.3) is 0 Å². The number of amides is 1. The van der Waals surface area contributed by atoms with Gasteiger partial charge in [0.2, 0.25) is 5.91 Å². The number of nitrogens with two attached hydrogens (primary N) is 1. The second kappa shape index (κ2) is 2.99. The van der Waals surface area contributed by atoms with E-state index < -0.39 is 11.9 Å². The molecule has 1 unspecified atom stereocenters. The molecule has 1 amide bonds. The van der Waals surface area contributed by atoms with Crippen molar-refractivity contribution in [3.8, 4) is 6.19 Å². The van der Waals surface area contributed by atoms with Gasteiger partial charge in [0.15, 0.2) is 6.19 Å². The summed E-state index contributed by atoms with van der Waals surface area (Å²) in [7, 11) is 0. The van der Waals surface area contributed by atoms with E-state index in [4.69, 9.17) is 11.0 Å².